The molecule has 0 aromatic rings. The Balaban J connectivity index is 2.37. The highest BCUT2D eigenvalue weighted by atomic mass is 14.2. The van der Waals surface area contributed by atoms with Crippen molar-refractivity contribution < 1.29 is 0 Å². The van der Waals surface area contributed by atoms with Crippen molar-refractivity contribution in [2.24, 2.45) is 11.3 Å². The molecule has 0 amide bonds. The predicted molar refractivity (Wildman–Crippen MR) is 55.2 cm³/mol. The van der Waals surface area contributed by atoms with Crippen LogP contribution < -0.4 is 0 Å². The fraction of sp³-hybridized carbons (Fsp3) is 0.833. The Morgan fingerprint density at radius 1 is 1.25 bits per heavy atom. The molecule has 0 unspecified atom stereocenters. The van der Waals surface area contributed by atoms with Crippen LogP contribution in [0.25, 0.3) is 0 Å². The van der Waals surface area contributed by atoms with Crippen molar-refractivity contribution in [3.8, 4) is 0 Å². The molecule has 1 saturated carbocycles. The number of hydrogen-bond donors (Lipinski definition) is 0. The highest BCUT2D eigenvalue weighted by Crippen LogP contribution is 2.29. The van der Waals surface area contributed by atoms with Crippen LogP contribution in [-0.2, 0) is 0 Å². The zero-order valence-electron chi connectivity index (χ0n) is 8.77. The van der Waals surface area contributed by atoms with Gasteiger partial charge in [-0.3, -0.25) is 0 Å². The van der Waals surface area contributed by atoms with Crippen molar-refractivity contribution in [1.29, 1.82) is 0 Å². The van der Waals surface area contributed by atoms with E-state index in [2.05, 4.69) is 32.9 Å². The van der Waals surface area contributed by atoms with Gasteiger partial charge in [0.25, 0.3) is 0 Å². The third kappa shape index (κ3) is 3.00. The Kier molecular flexibility index (Phi) is 3.37. The van der Waals surface area contributed by atoms with Gasteiger partial charge in [-0.2, -0.15) is 0 Å². The molecule has 0 heteroatoms. The van der Waals surface area contributed by atoms with Gasteiger partial charge in [0.05, 0.1) is 0 Å². The van der Waals surface area contributed by atoms with Crippen molar-refractivity contribution in [3.63, 3.8) is 0 Å². The Bertz CT molecular complexity index is 147. The van der Waals surface area contributed by atoms with Crippen LogP contribution in [0, 0.1) is 11.3 Å². The fourth-order valence-electron chi connectivity index (χ4n) is 1.66. The molecule has 12 heavy (non-hydrogen) atoms. The summed E-state index contributed by atoms with van der Waals surface area (Å²) in [4.78, 5) is 0. The average molecular weight is 166 g/mol. The van der Waals surface area contributed by atoms with Crippen LogP contribution in [0.3, 0.4) is 0 Å². The number of rotatable bonds is 3. The lowest BCUT2D eigenvalue weighted by atomic mass is 9.88. The van der Waals surface area contributed by atoms with Crippen LogP contribution in [0.4, 0.5) is 0 Å². The zero-order valence-corrected chi connectivity index (χ0v) is 8.77. The molecule has 0 saturated heterocycles. The quantitative estimate of drug-likeness (QED) is 0.552. The highest BCUT2D eigenvalue weighted by Gasteiger charge is 2.14. The monoisotopic (exact) mass is 166 g/mol. The Hall–Kier alpha value is -0.260. The molecular weight excluding hydrogens is 144 g/mol. The van der Waals surface area contributed by atoms with E-state index < -0.39 is 0 Å². The minimum atomic E-state index is 0.419. The van der Waals surface area contributed by atoms with E-state index in [1.165, 1.54) is 32.1 Å². The van der Waals surface area contributed by atoms with Gasteiger partial charge in [-0.05, 0) is 30.6 Å². The maximum Gasteiger partial charge on any atom is -0.0177 e. The molecule has 0 heterocycles. The molecule has 70 valence electrons. The van der Waals surface area contributed by atoms with Crippen molar-refractivity contribution in [2.45, 2.75) is 52.9 Å². The van der Waals surface area contributed by atoms with E-state index >= 15 is 0 Å². The van der Waals surface area contributed by atoms with E-state index in [1.54, 1.807) is 0 Å². The summed E-state index contributed by atoms with van der Waals surface area (Å²) in [5.41, 5.74) is 0.419. The molecule has 1 rings (SSSR count). The van der Waals surface area contributed by atoms with Gasteiger partial charge in [0.2, 0.25) is 0 Å². The average Bonchev–Trinajstić information content (AvgIpc) is 2.53. The third-order valence-electron chi connectivity index (χ3n) is 3.13. The first-order valence-electron chi connectivity index (χ1n) is 5.33. The van der Waals surface area contributed by atoms with E-state index in [9.17, 15) is 0 Å². The molecule has 1 fully saturated rings. The van der Waals surface area contributed by atoms with Gasteiger partial charge >= 0.3 is 0 Å². The summed E-state index contributed by atoms with van der Waals surface area (Å²) in [7, 11) is 0. The van der Waals surface area contributed by atoms with E-state index in [1.807, 2.05) is 0 Å². The largest absolute Gasteiger partial charge is 0.0849 e. The van der Waals surface area contributed by atoms with E-state index in [0.29, 0.717) is 5.41 Å². The first kappa shape index (κ1) is 9.83. The summed E-state index contributed by atoms with van der Waals surface area (Å²) in [6.07, 6.45) is 11.9. The molecule has 0 aromatic heterocycles. The van der Waals surface area contributed by atoms with Gasteiger partial charge in [-0.1, -0.05) is 45.8 Å². The maximum absolute atomic E-state index is 2.45. The molecule has 0 bridgehead atoms. The highest BCUT2D eigenvalue weighted by molar-refractivity contribution is 4.98. The summed E-state index contributed by atoms with van der Waals surface area (Å²) in [6.45, 7) is 6.90. The molecule has 1 aliphatic rings. The first-order chi connectivity index (χ1) is 5.64. The van der Waals surface area contributed by atoms with Gasteiger partial charge in [-0.15, -0.1) is 0 Å². The second-order valence-corrected chi connectivity index (χ2v) is 4.75. The number of hydrogen-bond acceptors (Lipinski definition) is 0. The van der Waals surface area contributed by atoms with Gasteiger partial charge in [0, 0.05) is 0 Å². The van der Waals surface area contributed by atoms with Crippen LogP contribution in [0.1, 0.15) is 52.9 Å². The topological polar surface area (TPSA) is 0 Å². The van der Waals surface area contributed by atoms with Crippen molar-refractivity contribution in [3.05, 3.63) is 12.2 Å². The summed E-state index contributed by atoms with van der Waals surface area (Å²) in [5.74, 6) is 0.899. The van der Waals surface area contributed by atoms with Gasteiger partial charge < -0.3 is 0 Å². The van der Waals surface area contributed by atoms with E-state index in [-0.39, 0.29) is 0 Å². The molecule has 0 aromatic carbocycles. The lowest BCUT2D eigenvalue weighted by Gasteiger charge is -2.17. The summed E-state index contributed by atoms with van der Waals surface area (Å²) < 4.78 is 0. The van der Waals surface area contributed by atoms with E-state index in [4.69, 9.17) is 0 Å². The molecule has 1 aliphatic carbocycles. The van der Waals surface area contributed by atoms with Crippen LogP contribution in [0.15, 0.2) is 12.2 Å². The maximum atomic E-state index is 2.45. The van der Waals surface area contributed by atoms with Crippen molar-refractivity contribution in [2.75, 3.05) is 0 Å². The molecule has 0 nitrogen and oxygen atoms in total. The normalized spacial score (nSPS) is 20.9. The predicted octanol–water partition coefficient (Wildman–Crippen LogP) is 4.17. The Morgan fingerprint density at radius 2 is 1.83 bits per heavy atom. The van der Waals surface area contributed by atoms with Crippen molar-refractivity contribution in [1.82, 2.24) is 0 Å². The lowest BCUT2D eigenvalue weighted by Crippen LogP contribution is -2.05. The SMILES string of the molecule is CCC(C)(C)/C=C/C1CCCC1. The third-order valence-corrected chi connectivity index (χ3v) is 3.13. The summed E-state index contributed by atoms with van der Waals surface area (Å²) in [6, 6.07) is 0. The standard InChI is InChI=1S/C12H22/c1-4-12(2,3)10-9-11-7-5-6-8-11/h9-11H,4-8H2,1-3H3/b10-9+. The van der Waals surface area contributed by atoms with Crippen LogP contribution in [-0.4, -0.2) is 0 Å². The van der Waals surface area contributed by atoms with Crippen LogP contribution in [0.5, 0.6) is 0 Å². The summed E-state index contributed by atoms with van der Waals surface area (Å²) >= 11 is 0. The second-order valence-electron chi connectivity index (χ2n) is 4.75. The molecule has 0 atom stereocenters. The fourth-order valence-corrected chi connectivity index (χ4v) is 1.66. The summed E-state index contributed by atoms with van der Waals surface area (Å²) in [5, 5.41) is 0. The van der Waals surface area contributed by atoms with E-state index in [0.717, 1.165) is 5.92 Å². The Morgan fingerprint density at radius 3 is 2.33 bits per heavy atom. The lowest BCUT2D eigenvalue weighted by molar-refractivity contribution is 0.457. The second kappa shape index (κ2) is 4.11. The minimum absolute atomic E-state index is 0.419. The molecule has 0 aliphatic heterocycles. The van der Waals surface area contributed by atoms with Gasteiger partial charge in [-0.25, -0.2) is 0 Å². The van der Waals surface area contributed by atoms with Crippen molar-refractivity contribution >= 4 is 0 Å². The Labute approximate surface area is 77.1 Å². The minimum Gasteiger partial charge on any atom is -0.0849 e. The molecular formula is C12H22. The first-order valence-corrected chi connectivity index (χ1v) is 5.33. The molecule has 0 spiro atoms. The van der Waals surface area contributed by atoms with Gasteiger partial charge in [0.1, 0.15) is 0 Å². The smallest absolute Gasteiger partial charge is 0.0177 e. The molecule has 0 radical (unpaired) electrons. The number of allylic oxidation sites excluding steroid dienone is 2. The van der Waals surface area contributed by atoms with Crippen LogP contribution >= 0.6 is 0 Å². The zero-order chi connectivity index (χ0) is 9.03. The molecule has 0 N–H and O–H groups in total. The van der Waals surface area contributed by atoms with Gasteiger partial charge in [0.15, 0.2) is 0 Å². The van der Waals surface area contributed by atoms with Crippen LogP contribution in [0.2, 0.25) is 0 Å².